The van der Waals surface area contributed by atoms with Crippen molar-refractivity contribution in [3.63, 3.8) is 0 Å². The Morgan fingerprint density at radius 1 is 0.812 bits per heavy atom. The van der Waals surface area contributed by atoms with Crippen molar-refractivity contribution in [2.75, 3.05) is 0 Å². The second kappa shape index (κ2) is 8.90. The van der Waals surface area contributed by atoms with Gasteiger partial charge in [0, 0.05) is 0 Å². The summed E-state index contributed by atoms with van der Waals surface area (Å²) in [5, 5.41) is 0. The van der Waals surface area contributed by atoms with Crippen LogP contribution in [0.1, 0.15) is 44.1 Å². The average Bonchev–Trinajstić information content (AvgIpc) is 2.29. The fraction of sp³-hybridized carbons (Fsp3) is 0.571. The number of unbranched alkanes of at least 4 members (excludes halogenated alkanes) is 4. The van der Waals surface area contributed by atoms with E-state index in [4.69, 9.17) is 23.2 Å². The van der Waals surface area contributed by atoms with Crippen LogP contribution in [0.2, 0.25) is 0 Å². The standard InChI is InChI=1S/C14H20Cl2/c15-14(16)12-8-3-1-2-5-9-13-10-6-4-7-11-13/h4,6-7,10-11,14H,1-3,5,8-9,12H2. The molecule has 16 heavy (non-hydrogen) atoms. The van der Waals surface area contributed by atoms with Gasteiger partial charge in [-0.05, 0) is 24.8 Å². The van der Waals surface area contributed by atoms with Crippen molar-refractivity contribution in [3.05, 3.63) is 35.9 Å². The lowest BCUT2D eigenvalue weighted by atomic mass is 10.1. The molecule has 0 radical (unpaired) electrons. The van der Waals surface area contributed by atoms with Gasteiger partial charge in [0.05, 0.1) is 0 Å². The highest BCUT2D eigenvalue weighted by atomic mass is 35.5. The molecule has 1 aromatic rings. The van der Waals surface area contributed by atoms with Gasteiger partial charge in [0.15, 0.2) is 0 Å². The van der Waals surface area contributed by atoms with Crippen molar-refractivity contribution in [1.29, 1.82) is 0 Å². The molecule has 0 atom stereocenters. The van der Waals surface area contributed by atoms with Gasteiger partial charge in [-0.2, -0.15) is 0 Å². The first-order valence-electron chi connectivity index (χ1n) is 6.11. The van der Waals surface area contributed by atoms with E-state index < -0.39 is 0 Å². The second-order valence-electron chi connectivity index (χ2n) is 4.18. The van der Waals surface area contributed by atoms with E-state index in [9.17, 15) is 0 Å². The van der Waals surface area contributed by atoms with Gasteiger partial charge in [-0.1, -0.05) is 56.0 Å². The summed E-state index contributed by atoms with van der Waals surface area (Å²) < 4.78 is 0. The number of alkyl halides is 2. The van der Waals surface area contributed by atoms with Crippen LogP contribution in [0.3, 0.4) is 0 Å². The van der Waals surface area contributed by atoms with Crippen LogP contribution in [0.5, 0.6) is 0 Å². The highest BCUT2D eigenvalue weighted by molar-refractivity contribution is 6.44. The molecule has 0 spiro atoms. The maximum atomic E-state index is 5.66. The van der Waals surface area contributed by atoms with Crippen LogP contribution in [0.15, 0.2) is 30.3 Å². The fourth-order valence-electron chi connectivity index (χ4n) is 1.80. The molecule has 0 N–H and O–H groups in total. The van der Waals surface area contributed by atoms with E-state index in [0.717, 1.165) is 12.8 Å². The second-order valence-corrected chi connectivity index (χ2v) is 5.46. The molecule has 0 saturated carbocycles. The number of hydrogen-bond donors (Lipinski definition) is 0. The van der Waals surface area contributed by atoms with Crippen LogP contribution in [0, 0.1) is 0 Å². The number of aryl methyl sites for hydroxylation is 1. The maximum Gasteiger partial charge on any atom is 0.107 e. The minimum atomic E-state index is -0.177. The zero-order valence-electron chi connectivity index (χ0n) is 9.67. The predicted molar refractivity (Wildman–Crippen MR) is 73.3 cm³/mol. The van der Waals surface area contributed by atoms with Gasteiger partial charge >= 0.3 is 0 Å². The quantitative estimate of drug-likeness (QED) is 0.434. The molecule has 0 unspecified atom stereocenters. The monoisotopic (exact) mass is 258 g/mol. The third-order valence-electron chi connectivity index (χ3n) is 2.73. The summed E-state index contributed by atoms with van der Waals surface area (Å²) in [6, 6.07) is 10.7. The minimum Gasteiger partial charge on any atom is -0.105 e. The van der Waals surface area contributed by atoms with Gasteiger partial charge in [0.1, 0.15) is 4.84 Å². The summed E-state index contributed by atoms with van der Waals surface area (Å²) in [4.78, 5) is -0.177. The molecule has 0 saturated heterocycles. The Morgan fingerprint density at radius 2 is 1.44 bits per heavy atom. The normalized spacial score (nSPS) is 10.9. The molecular weight excluding hydrogens is 239 g/mol. The lowest BCUT2D eigenvalue weighted by molar-refractivity contribution is 0.604. The smallest absolute Gasteiger partial charge is 0.105 e. The molecule has 0 aliphatic rings. The molecule has 0 nitrogen and oxygen atoms in total. The van der Waals surface area contributed by atoms with Crippen LogP contribution < -0.4 is 0 Å². The fourth-order valence-corrected chi connectivity index (χ4v) is 2.11. The Bertz CT molecular complexity index is 257. The van der Waals surface area contributed by atoms with Crippen molar-refractivity contribution in [3.8, 4) is 0 Å². The SMILES string of the molecule is ClC(Cl)CCCCCCCc1ccccc1. The molecular formula is C14H20Cl2. The van der Waals surface area contributed by atoms with Crippen molar-refractivity contribution >= 4 is 23.2 Å². The summed E-state index contributed by atoms with van der Waals surface area (Å²) in [5.74, 6) is 0. The van der Waals surface area contributed by atoms with Crippen molar-refractivity contribution in [2.24, 2.45) is 0 Å². The van der Waals surface area contributed by atoms with Crippen molar-refractivity contribution in [2.45, 2.75) is 49.8 Å². The zero-order chi connectivity index (χ0) is 11.6. The number of halogens is 2. The first-order chi connectivity index (χ1) is 7.79. The minimum absolute atomic E-state index is 0.177. The van der Waals surface area contributed by atoms with Gasteiger partial charge < -0.3 is 0 Å². The van der Waals surface area contributed by atoms with Crippen molar-refractivity contribution < 1.29 is 0 Å². The lowest BCUT2D eigenvalue weighted by Gasteiger charge is -2.03. The van der Waals surface area contributed by atoms with Crippen LogP contribution in [0.4, 0.5) is 0 Å². The van der Waals surface area contributed by atoms with E-state index in [1.54, 1.807) is 0 Å². The van der Waals surface area contributed by atoms with E-state index in [-0.39, 0.29) is 4.84 Å². The average molecular weight is 259 g/mol. The molecule has 0 aliphatic carbocycles. The molecule has 0 aromatic heterocycles. The Morgan fingerprint density at radius 3 is 2.12 bits per heavy atom. The van der Waals surface area contributed by atoms with E-state index in [0.29, 0.717) is 0 Å². The molecule has 90 valence electrons. The van der Waals surface area contributed by atoms with E-state index in [1.165, 1.54) is 37.7 Å². The number of benzene rings is 1. The Labute approximate surface area is 109 Å². The molecule has 0 fully saturated rings. The molecule has 0 amide bonds. The van der Waals surface area contributed by atoms with Gasteiger partial charge in [-0.15, -0.1) is 23.2 Å². The van der Waals surface area contributed by atoms with Crippen LogP contribution in [0.25, 0.3) is 0 Å². The van der Waals surface area contributed by atoms with Gasteiger partial charge in [0.2, 0.25) is 0 Å². The van der Waals surface area contributed by atoms with Crippen LogP contribution in [-0.4, -0.2) is 4.84 Å². The zero-order valence-corrected chi connectivity index (χ0v) is 11.2. The van der Waals surface area contributed by atoms with E-state index in [1.807, 2.05) is 0 Å². The van der Waals surface area contributed by atoms with E-state index in [2.05, 4.69) is 30.3 Å². The first-order valence-corrected chi connectivity index (χ1v) is 6.98. The maximum absolute atomic E-state index is 5.66. The van der Waals surface area contributed by atoms with Gasteiger partial charge in [0.25, 0.3) is 0 Å². The third-order valence-corrected chi connectivity index (χ3v) is 3.17. The van der Waals surface area contributed by atoms with Crippen molar-refractivity contribution in [1.82, 2.24) is 0 Å². The molecule has 2 heteroatoms. The highest BCUT2D eigenvalue weighted by Crippen LogP contribution is 2.14. The summed E-state index contributed by atoms with van der Waals surface area (Å²) in [6.45, 7) is 0. The Balaban J connectivity index is 1.93. The summed E-state index contributed by atoms with van der Waals surface area (Å²) >= 11 is 11.3. The third kappa shape index (κ3) is 7.14. The largest absolute Gasteiger partial charge is 0.107 e. The molecule has 1 aromatic carbocycles. The van der Waals surface area contributed by atoms with E-state index >= 15 is 0 Å². The molecule has 1 rings (SSSR count). The topological polar surface area (TPSA) is 0 Å². The summed E-state index contributed by atoms with van der Waals surface area (Å²) in [5.41, 5.74) is 1.45. The Hall–Kier alpha value is -0.200. The van der Waals surface area contributed by atoms with Gasteiger partial charge in [-0.3, -0.25) is 0 Å². The lowest BCUT2D eigenvalue weighted by Crippen LogP contribution is -1.88. The predicted octanol–water partition coefficient (Wildman–Crippen LogP) is 5.37. The summed E-state index contributed by atoms with van der Waals surface area (Å²) in [6.07, 6.45) is 8.44. The number of hydrogen-bond acceptors (Lipinski definition) is 0. The highest BCUT2D eigenvalue weighted by Gasteiger charge is 1.98. The van der Waals surface area contributed by atoms with Gasteiger partial charge in [-0.25, -0.2) is 0 Å². The van der Waals surface area contributed by atoms with Crippen LogP contribution in [-0.2, 0) is 6.42 Å². The molecule has 0 heterocycles. The Kier molecular flexibility index (Phi) is 7.71. The number of rotatable bonds is 8. The first kappa shape index (κ1) is 13.9. The molecule has 0 bridgehead atoms. The van der Waals surface area contributed by atoms with Crippen LogP contribution >= 0.6 is 23.2 Å². The molecule has 0 aliphatic heterocycles. The summed E-state index contributed by atoms with van der Waals surface area (Å²) in [7, 11) is 0.